The molecule has 1 fully saturated rings. The molecule has 1 saturated heterocycles. The van der Waals surface area contributed by atoms with Gasteiger partial charge in [0.2, 0.25) is 0 Å². The average molecular weight is 276 g/mol. The van der Waals surface area contributed by atoms with E-state index in [2.05, 4.69) is 0 Å². The Morgan fingerprint density at radius 1 is 1.15 bits per heavy atom. The number of hydrogen-bond acceptors (Lipinski definition) is 4. The van der Waals surface area contributed by atoms with E-state index in [1.807, 2.05) is 46.8 Å². The van der Waals surface area contributed by atoms with Crippen molar-refractivity contribution in [2.45, 2.75) is 45.8 Å². The van der Waals surface area contributed by atoms with Crippen LogP contribution in [0.4, 0.5) is 0 Å². The molecule has 0 atom stereocenters. The number of esters is 1. The van der Waals surface area contributed by atoms with Crippen LogP contribution in [-0.2, 0) is 14.0 Å². The Morgan fingerprint density at radius 3 is 2.20 bits per heavy atom. The molecule has 1 aliphatic heterocycles. The van der Waals surface area contributed by atoms with E-state index in [4.69, 9.17) is 14.0 Å². The number of methoxy groups -OCH3 is 1. The van der Waals surface area contributed by atoms with Crippen LogP contribution in [0, 0.1) is 6.92 Å². The van der Waals surface area contributed by atoms with Gasteiger partial charge in [-0.3, -0.25) is 0 Å². The highest BCUT2D eigenvalue weighted by Gasteiger charge is 2.52. The zero-order valence-electron chi connectivity index (χ0n) is 12.9. The van der Waals surface area contributed by atoms with Gasteiger partial charge in [0.25, 0.3) is 0 Å². The second kappa shape index (κ2) is 4.90. The summed E-state index contributed by atoms with van der Waals surface area (Å²) < 4.78 is 16.9. The number of carbonyl (C=O) groups excluding carboxylic acids is 1. The topological polar surface area (TPSA) is 44.8 Å². The molecule has 1 aromatic carbocycles. The van der Waals surface area contributed by atoms with E-state index in [-0.39, 0.29) is 5.97 Å². The summed E-state index contributed by atoms with van der Waals surface area (Å²) >= 11 is 0. The van der Waals surface area contributed by atoms with Crippen molar-refractivity contribution in [2.24, 2.45) is 0 Å². The molecule has 0 aliphatic carbocycles. The van der Waals surface area contributed by atoms with Crippen LogP contribution < -0.4 is 5.46 Å². The van der Waals surface area contributed by atoms with Crippen molar-refractivity contribution in [3.63, 3.8) is 0 Å². The standard InChI is InChI=1S/C15H21BO4/c1-10-7-8-11(13(17)18-6)12(9-10)16-19-14(2,3)15(4,5)20-16/h7-9H,1-6H3. The Hall–Kier alpha value is -1.33. The Balaban J connectivity index is 2.44. The summed E-state index contributed by atoms with van der Waals surface area (Å²) in [5.41, 5.74) is 1.37. The largest absolute Gasteiger partial charge is 0.495 e. The van der Waals surface area contributed by atoms with Crippen LogP contribution in [0.2, 0.25) is 0 Å². The van der Waals surface area contributed by atoms with Crippen molar-refractivity contribution in [3.05, 3.63) is 29.3 Å². The molecule has 0 aromatic heterocycles. The summed E-state index contributed by atoms with van der Waals surface area (Å²) in [6.07, 6.45) is 0. The highest BCUT2D eigenvalue weighted by molar-refractivity contribution is 6.63. The van der Waals surface area contributed by atoms with Gasteiger partial charge in [0.15, 0.2) is 0 Å². The predicted molar refractivity (Wildman–Crippen MR) is 78.2 cm³/mol. The molecule has 0 radical (unpaired) electrons. The number of aryl methyl sites for hydroxylation is 1. The summed E-state index contributed by atoms with van der Waals surface area (Å²) in [7, 11) is 0.810. The summed E-state index contributed by atoms with van der Waals surface area (Å²) in [4.78, 5) is 11.9. The molecule has 0 spiro atoms. The minimum absolute atomic E-state index is 0.380. The van der Waals surface area contributed by atoms with E-state index in [0.29, 0.717) is 5.56 Å². The van der Waals surface area contributed by atoms with Crippen molar-refractivity contribution in [1.82, 2.24) is 0 Å². The molecule has 0 bridgehead atoms. The van der Waals surface area contributed by atoms with Gasteiger partial charge in [0.1, 0.15) is 0 Å². The summed E-state index contributed by atoms with van der Waals surface area (Å²) in [5.74, 6) is -0.380. The van der Waals surface area contributed by atoms with Crippen LogP contribution in [-0.4, -0.2) is 31.4 Å². The third-order valence-electron chi connectivity index (χ3n) is 4.12. The van der Waals surface area contributed by atoms with E-state index in [1.165, 1.54) is 7.11 Å². The molecule has 20 heavy (non-hydrogen) atoms. The molecule has 0 saturated carbocycles. The maximum absolute atomic E-state index is 11.9. The van der Waals surface area contributed by atoms with Gasteiger partial charge in [-0.2, -0.15) is 0 Å². The van der Waals surface area contributed by atoms with E-state index in [9.17, 15) is 4.79 Å². The number of ether oxygens (including phenoxy) is 1. The molecule has 1 heterocycles. The highest BCUT2D eigenvalue weighted by atomic mass is 16.7. The minimum Gasteiger partial charge on any atom is -0.465 e. The van der Waals surface area contributed by atoms with Crippen molar-refractivity contribution >= 4 is 18.6 Å². The van der Waals surface area contributed by atoms with Crippen molar-refractivity contribution in [3.8, 4) is 0 Å². The lowest BCUT2D eigenvalue weighted by atomic mass is 9.75. The quantitative estimate of drug-likeness (QED) is 0.613. The van der Waals surface area contributed by atoms with E-state index < -0.39 is 18.3 Å². The van der Waals surface area contributed by atoms with E-state index in [1.54, 1.807) is 6.07 Å². The fourth-order valence-corrected chi connectivity index (χ4v) is 2.14. The Kier molecular flexibility index (Phi) is 3.69. The highest BCUT2D eigenvalue weighted by Crippen LogP contribution is 2.36. The fraction of sp³-hybridized carbons (Fsp3) is 0.533. The molecule has 0 N–H and O–H groups in total. The summed E-state index contributed by atoms with van der Waals surface area (Å²) in [6.45, 7) is 9.91. The molecule has 4 nitrogen and oxygen atoms in total. The number of rotatable bonds is 2. The maximum Gasteiger partial charge on any atom is 0.495 e. The molecule has 0 amide bonds. The van der Waals surface area contributed by atoms with E-state index in [0.717, 1.165) is 11.0 Å². The predicted octanol–water partition coefficient (Wildman–Crippen LogP) is 2.08. The van der Waals surface area contributed by atoms with Crippen LogP contribution in [0.15, 0.2) is 18.2 Å². The Morgan fingerprint density at radius 2 is 1.70 bits per heavy atom. The van der Waals surface area contributed by atoms with Crippen LogP contribution in [0.25, 0.3) is 0 Å². The molecule has 2 rings (SSSR count). The van der Waals surface area contributed by atoms with Crippen LogP contribution >= 0.6 is 0 Å². The minimum atomic E-state index is -0.561. The van der Waals surface area contributed by atoms with Gasteiger partial charge < -0.3 is 14.0 Å². The zero-order chi connectivity index (χ0) is 15.1. The lowest BCUT2D eigenvalue weighted by Gasteiger charge is -2.32. The summed E-state index contributed by atoms with van der Waals surface area (Å²) in [5, 5.41) is 0. The number of hydrogen-bond donors (Lipinski definition) is 0. The lowest BCUT2D eigenvalue weighted by molar-refractivity contribution is 0.00578. The first-order valence-electron chi connectivity index (χ1n) is 6.72. The van der Waals surface area contributed by atoms with Crippen LogP contribution in [0.1, 0.15) is 43.6 Å². The second-order valence-electron chi connectivity index (χ2n) is 6.17. The van der Waals surface area contributed by atoms with Gasteiger partial charge in [0.05, 0.1) is 23.9 Å². The molecule has 108 valence electrons. The average Bonchev–Trinajstić information content (AvgIpc) is 2.57. The molecule has 0 unspecified atom stereocenters. The van der Waals surface area contributed by atoms with Crippen LogP contribution in [0.3, 0.4) is 0 Å². The third-order valence-corrected chi connectivity index (χ3v) is 4.12. The van der Waals surface area contributed by atoms with Gasteiger partial charge in [-0.1, -0.05) is 17.7 Å². The number of carbonyl (C=O) groups is 1. The molecular formula is C15H21BO4. The smallest absolute Gasteiger partial charge is 0.465 e. The van der Waals surface area contributed by atoms with Gasteiger partial charge in [-0.15, -0.1) is 0 Å². The maximum atomic E-state index is 11.9. The van der Waals surface area contributed by atoms with Crippen molar-refractivity contribution in [1.29, 1.82) is 0 Å². The van der Waals surface area contributed by atoms with Gasteiger partial charge in [-0.25, -0.2) is 4.79 Å². The SMILES string of the molecule is COC(=O)c1ccc(C)cc1B1OC(C)(C)C(C)(C)O1. The van der Waals surface area contributed by atoms with Gasteiger partial charge >= 0.3 is 13.1 Å². The van der Waals surface area contributed by atoms with Gasteiger partial charge in [0, 0.05) is 0 Å². The third kappa shape index (κ3) is 2.48. The van der Waals surface area contributed by atoms with Gasteiger partial charge in [-0.05, 0) is 46.1 Å². The first kappa shape index (κ1) is 15.1. The lowest BCUT2D eigenvalue weighted by Crippen LogP contribution is -2.41. The number of benzene rings is 1. The van der Waals surface area contributed by atoms with Crippen LogP contribution in [0.5, 0.6) is 0 Å². The van der Waals surface area contributed by atoms with Crippen molar-refractivity contribution in [2.75, 3.05) is 7.11 Å². The molecule has 1 aromatic rings. The first-order valence-corrected chi connectivity index (χ1v) is 6.72. The zero-order valence-corrected chi connectivity index (χ0v) is 12.9. The molecule has 5 heteroatoms. The summed E-state index contributed by atoms with van der Waals surface area (Å²) in [6, 6.07) is 5.54. The Labute approximate surface area is 120 Å². The molecular weight excluding hydrogens is 255 g/mol. The van der Waals surface area contributed by atoms with Crippen molar-refractivity contribution < 1.29 is 18.8 Å². The second-order valence-corrected chi connectivity index (χ2v) is 6.17. The first-order chi connectivity index (χ1) is 9.18. The molecule has 1 aliphatic rings. The normalized spacial score (nSPS) is 20.0. The Bertz CT molecular complexity index is 521. The fourth-order valence-electron chi connectivity index (χ4n) is 2.14. The van der Waals surface area contributed by atoms with E-state index >= 15 is 0 Å². The monoisotopic (exact) mass is 276 g/mol.